The quantitative estimate of drug-likeness (QED) is 0.384. The summed E-state index contributed by atoms with van der Waals surface area (Å²) >= 11 is 0. The van der Waals surface area contributed by atoms with E-state index in [1.807, 2.05) is 6.26 Å². The van der Waals surface area contributed by atoms with E-state index in [0.717, 1.165) is 25.1 Å². The summed E-state index contributed by atoms with van der Waals surface area (Å²) in [7, 11) is 0. The van der Waals surface area contributed by atoms with Crippen molar-refractivity contribution in [2.45, 2.75) is 64.0 Å². The molecule has 1 saturated heterocycles. The Bertz CT molecular complexity index is 1120. The fourth-order valence-corrected chi connectivity index (χ4v) is 7.52. The molecular weight excluding hydrogens is 430 g/mol. The van der Waals surface area contributed by atoms with Crippen LogP contribution >= 0.6 is 0 Å². The van der Waals surface area contributed by atoms with Crippen molar-refractivity contribution in [3.63, 3.8) is 0 Å². The molecule has 1 aliphatic heterocycles. The van der Waals surface area contributed by atoms with E-state index in [0.29, 0.717) is 19.1 Å². The number of hydrogen-bond acceptors (Lipinski definition) is 3. The number of nitrogens with zero attached hydrogens (tertiary/aromatic N) is 1. The number of allylic oxidation sites excluding steroid dienone is 2. The molecule has 1 spiro atoms. The van der Waals surface area contributed by atoms with E-state index in [4.69, 9.17) is 9.47 Å². The second-order valence-corrected chi connectivity index (χ2v) is 9.93. The van der Waals surface area contributed by atoms with Gasteiger partial charge in [-0.15, -0.1) is 0 Å². The summed E-state index contributed by atoms with van der Waals surface area (Å²) in [6.45, 7) is 11.2. The number of ether oxygens (including phenoxy) is 2. The van der Waals surface area contributed by atoms with Crippen molar-refractivity contribution in [2.24, 2.45) is 5.92 Å². The average molecular weight is 470 g/mol. The standard InChI is InChI=1S/C32H39NO2/c1-5-33-24(4)31(21-22-34-6-2,26-17-12-9-13-18-26)29-20-14-19-28-27(25-15-10-8-11-16-25)23-30(35-7-3)32(28,29)33/h8-13,15-18,21-24,29H,5-7,14,19-20H2,1-4H3/b22-21+/t24-,29?,31-,32?/m1/s1. The Kier molecular flexibility index (Phi) is 6.63. The first-order valence-electron chi connectivity index (χ1n) is 13.4. The van der Waals surface area contributed by atoms with Gasteiger partial charge in [-0.25, -0.2) is 0 Å². The topological polar surface area (TPSA) is 21.7 Å². The molecular formula is C32H39NO2. The van der Waals surface area contributed by atoms with Crippen molar-refractivity contribution in [1.29, 1.82) is 0 Å². The minimum atomic E-state index is -0.236. The second-order valence-electron chi connectivity index (χ2n) is 9.93. The van der Waals surface area contributed by atoms with Gasteiger partial charge >= 0.3 is 0 Å². The van der Waals surface area contributed by atoms with Crippen LogP contribution in [0.1, 0.15) is 58.1 Å². The van der Waals surface area contributed by atoms with Crippen molar-refractivity contribution < 1.29 is 9.47 Å². The van der Waals surface area contributed by atoms with E-state index < -0.39 is 0 Å². The summed E-state index contributed by atoms with van der Waals surface area (Å²) in [5.41, 5.74) is 5.15. The summed E-state index contributed by atoms with van der Waals surface area (Å²) in [4.78, 5) is 2.74. The molecule has 1 saturated carbocycles. The Morgan fingerprint density at radius 1 is 0.971 bits per heavy atom. The smallest absolute Gasteiger partial charge is 0.121 e. The van der Waals surface area contributed by atoms with Crippen LogP contribution in [0.25, 0.3) is 5.57 Å². The fourth-order valence-electron chi connectivity index (χ4n) is 7.52. The third-order valence-corrected chi connectivity index (χ3v) is 8.65. The molecule has 3 nitrogen and oxygen atoms in total. The van der Waals surface area contributed by atoms with Gasteiger partial charge in [0.05, 0.1) is 19.5 Å². The SMILES string of the molecule is CCO/C=C/[C@@]1(c2ccccc2)C2CCCC3=C(c4ccccc4)C=C(OCC)C32N(CC)[C@@H]1C. The number of benzene rings is 2. The third kappa shape index (κ3) is 3.42. The first-order valence-corrected chi connectivity index (χ1v) is 13.4. The van der Waals surface area contributed by atoms with E-state index in [9.17, 15) is 0 Å². The molecule has 2 unspecified atom stereocenters. The normalized spacial score (nSPS) is 30.3. The van der Waals surface area contributed by atoms with Gasteiger partial charge in [-0.05, 0) is 81.0 Å². The molecule has 1 heterocycles. The summed E-state index contributed by atoms with van der Waals surface area (Å²) in [6.07, 6.45) is 10.2. The highest BCUT2D eigenvalue weighted by molar-refractivity contribution is 5.84. The minimum absolute atomic E-state index is 0.180. The molecule has 3 aliphatic rings. The van der Waals surface area contributed by atoms with Gasteiger partial charge in [0, 0.05) is 17.4 Å². The van der Waals surface area contributed by atoms with Gasteiger partial charge in [-0.3, -0.25) is 4.90 Å². The highest BCUT2D eigenvalue weighted by Gasteiger charge is 2.69. The Morgan fingerprint density at radius 3 is 2.34 bits per heavy atom. The Morgan fingerprint density at radius 2 is 1.69 bits per heavy atom. The maximum atomic E-state index is 6.59. The van der Waals surface area contributed by atoms with Gasteiger partial charge in [0.15, 0.2) is 0 Å². The molecule has 0 aromatic heterocycles. The van der Waals surface area contributed by atoms with Crippen LogP contribution in [0.3, 0.4) is 0 Å². The second kappa shape index (κ2) is 9.70. The molecule has 0 radical (unpaired) electrons. The molecule has 3 heteroatoms. The van der Waals surface area contributed by atoms with Gasteiger partial charge in [0.1, 0.15) is 11.3 Å². The largest absolute Gasteiger partial charge is 0.502 e. The van der Waals surface area contributed by atoms with Crippen LogP contribution < -0.4 is 0 Å². The van der Waals surface area contributed by atoms with Crippen LogP contribution in [0.15, 0.2) is 90.4 Å². The van der Waals surface area contributed by atoms with Crippen molar-refractivity contribution >= 4 is 5.57 Å². The molecule has 4 atom stereocenters. The van der Waals surface area contributed by atoms with E-state index in [1.54, 1.807) is 5.57 Å². The lowest BCUT2D eigenvalue weighted by Crippen LogP contribution is -2.53. The monoisotopic (exact) mass is 469 g/mol. The Hall–Kier alpha value is -2.78. The number of likely N-dealkylation sites (N-methyl/N-ethyl adjacent to an activating group) is 1. The first kappa shape index (κ1) is 23.9. The lowest BCUT2D eigenvalue weighted by atomic mass is 9.58. The molecule has 5 rings (SSSR count). The first-order chi connectivity index (χ1) is 17.2. The molecule has 2 aliphatic carbocycles. The Labute approximate surface area is 211 Å². The fraction of sp³-hybridized carbons (Fsp3) is 0.438. The molecule has 0 N–H and O–H groups in total. The van der Waals surface area contributed by atoms with E-state index in [2.05, 4.69) is 105 Å². The van der Waals surface area contributed by atoms with E-state index in [1.165, 1.54) is 23.1 Å². The van der Waals surface area contributed by atoms with Crippen LogP contribution in [0, 0.1) is 5.92 Å². The maximum Gasteiger partial charge on any atom is 0.121 e. The van der Waals surface area contributed by atoms with Gasteiger partial charge in [-0.1, -0.05) is 67.6 Å². The summed E-state index contributed by atoms with van der Waals surface area (Å²) in [6, 6.07) is 22.3. The third-order valence-electron chi connectivity index (χ3n) is 8.65. The van der Waals surface area contributed by atoms with Crippen LogP contribution in [0.5, 0.6) is 0 Å². The number of likely N-dealkylation sites (tertiary alicyclic amines) is 1. The zero-order valence-corrected chi connectivity index (χ0v) is 21.7. The lowest BCUT2D eigenvalue weighted by Gasteiger charge is -2.48. The van der Waals surface area contributed by atoms with Crippen molar-refractivity contribution in [1.82, 2.24) is 4.90 Å². The predicted molar refractivity (Wildman–Crippen MR) is 144 cm³/mol. The van der Waals surface area contributed by atoms with E-state index >= 15 is 0 Å². The average Bonchev–Trinajstić information content (AvgIpc) is 3.34. The number of rotatable bonds is 8. The van der Waals surface area contributed by atoms with Crippen LogP contribution in [0.2, 0.25) is 0 Å². The number of hydrogen-bond donors (Lipinski definition) is 0. The van der Waals surface area contributed by atoms with Gasteiger partial charge in [0.2, 0.25) is 0 Å². The highest BCUT2D eigenvalue weighted by atomic mass is 16.5. The molecule has 35 heavy (non-hydrogen) atoms. The summed E-state index contributed by atoms with van der Waals surface area (Å²) < 4.78 is 12.4. The van der Waals surface area contributed by atoms with Crippen molar-refractivity contribution in [3.8, 4) is 0 Å². The highest BCUT2D eigenvalue weighted by Crippen LogP contribution is 2.66. The zero-order chi connectivity index (χ0) is 24.5. The van der Waals surface area contributed by atoms with E-state index in [-0.39, 0.29) is 17.0 Å². The summed E-state index contributed by atoms with van der Waals surface area (Å²) in [5, 5.41) is 0. The Balaban J connectivity index is 1.80. The van der Waals surface area contributed by atoms with Crippen LogP contribution in [-0.2, 0) is 14.9 Å². The molecule has 0 bridgehead atoms. The molecule has 2 fully saturated rings. The molecule has 2 aromatic rings. The van der Waals surface area contributed by atoms with Gasteiger partial charge < -0.3 is 9.47 Å². The molecule has 184 valence electrons. The van der Waals surface area contributed by atoms with Crippen molar-refractivity contribution in [2.75, 3.05) is 19.8 Å². The maximum absolute atomic E-state index is 6.59. The predicted octanol–water partition coefficient (Wildman–Crippen LogP) is 7.13. The van der Waals surface area contributed by atoms with Crippen LogP contribution in [-0.4, -0.2) is 36.2 Å². The zero-order valence-electron chi connectivity index (χ0n) is 21.7. The van der Waals surface area contributed by atoms with Gasteiger partial charge in [-0.2, -0.15) is 0 Å². The molecule has 0 amide bonds. The lowest BCUT2D eigenvalue weighted by molar-refractivity contribution is 0.0626. The summed E-state index contributed by atoms with van der Waals surface area (Å²) in [5.74, 6) is 1.49. The minimum Gasteiger partial charge on any atom is -0.502 e. The molecule has 2 aromatic carbocycles. The van der Waals surface area contributed by atoms with Crippen LogP contribution in [0.4, 0.5) is 0 Å². The van der Waals surface area contributed by atoms with Gasteiger partial charge in [0.25, 0.3) is 0 Å². The van der Waals surface area contributed by atoms with Crippen molar-refractivity contribution in [3.05, 3.63) is 102 Å².